The minimum atomic E-state index is -0.254. The Kier molecular flexibility index (Phi) is 9.45. The van der Waals surface area contributed by atoms with E-state index in [0.717, 1.165) is 86.1 Å². The summed E-state index contributed by atoms with van der Waals surface area (Å²) in [7, 11) is 0. The van der Waals surface area contributed by atoms with E-state index in [4.69, 9.17) is 19.4 Å². The molecule has 4 heterocycles. The van der Waals surface area contributed by atoms with Crippen molar-refractivity contribution >= 4 is 17.4 Å². The molecule has 1 unspecified atom stereocenters. The maximum atomic E-state index is 12.5. The number of carbonyl (C=O) groups excluding carboxylic acids is 1. The Bertz CT molecular complexity index is 1340. The molecule has 3 aliphatic heterocycles. The number of phenolic OH excluding ortho intramolecular Hbond substituents is 1. The lowest BCUT2D eigenvalue weighted by Gasteiger charge is -2.42. The second kappa shape index (κ2) is 13.4. The van der Waals surface area contributed by atoms with Crippen LogP contribution in [0.25, 0.3) is 0 Å². The van der Waals surface area contributed by atoms with Gasteiger partial charge in [-0.2, -0.15) is 15.2 Å². The molecule has 0 spiro atoms. The smallest absolute Gasteiger partial charge is 0.318 e. The molecular weight excluding hydrogens is 534 g/mol. The van der Waals surface area contributed by atoms with Crippen LogP contribution in [0.2, 0.25) is 0 Å². The van der Waals surface area contributed by atoms with Crippen molar-refractivity contribution in [1.82, 2.24) is 19.8 Å². The number of aromatic nitrogens is 2. The second-order valence-corrected chi connectivity index (χ2v) is 11.2. The topological polar surface area (TPSA) is 118 Å². The normalized spacial score (nSPS) is 19.3. The largest absolute Gasteiger partial charge is 0.508 e. The summed E-state index contributed by atoms with van der Waals surface area (Å²) in [5.74, 6) is 0.915. The van der Waals surface area contributed by atoms with E-state index in [1.54, 1.807) is 11.0 Å². The first-order chi connectivity index (χ1) is 20.4. The summed E-state index contributed by atoms with van der Waals surface area (Å²) in [5.41, 5.74) is 5.14. The van der Waals surface area contributed by atoms with Crippen LogP contribution in [0.3, 0.4) is 0 Å². The number of anilines is 2. The highest BCUT2D eigenvalue weighted by Crippen LogP contribution is 2.35. The van der Waals surface area contributed by atoms with Crippen LogP contribution < -0.4 is 14.5 Å². The molecule has 2 fully saturated rings. The fourth-order valence-electron chi connectivity index (χ4n) is 6.08. The molecule has 1 N–H and O–H groups in total. The van der Waals surface area contributed by atoms with Crippen molar-refractivity contribution in [2.45, 2.75) is 45.7 Å². The van der Waals surface area contributed by atoms with Crippen molar-refractivity contribution in [1.29, 1.82) is 5.26 Å². The van der Waals surface area contributed by atoms with Gasteiger partial charge in [0, 0.05) is 63.1 Å². The molecule has 1 aromatic carbocycles. The number of morpholine rings is 1. The van der Waals surface area contributed by atoms with Crippen LogP contribution >= 0.6 is 0 Å². The fourth-order valence-corrected chi connectivity index (χ4v) is 6.08. The molecule has 11 nitrogen and oxygen atoms in total. The highest BCUT2D eigenvalue weighted by Gasteiger charge is 2.33. The molecule has 2 aromatic rings. The summed E-state index contributed by atoms with van der Waals surface area (Å²) in [4.78, 5) is 30.8. The van der Waals surface area contributed by atoms with Crippen molar-refractivity contribution in [2.24, 2.45) is 0 Å². The maximum Gasteiger partial charge on any atom is 0.318 e. The predicted molar refractivity (Wildman–Crippen MR) is 160 cm³/mol. The Morgan fingerprint density at radius 2 is 2.00 bits per heavy atom. The zero-order valence-corrected chi connectivity index (χ0v) is 24.7. The number of carbonyl (C=O) groups is 1. The van der Waals surface area contributed by atoms with E-state index in [1.807, 2.05) is 13.0 Å². The molecule has 42 heavy (non-hydrogen) atoms. The predicted octanol–water partition coefficient (Wildman–Crippen LogP) is 2.58. The Hall–Kier alpha value is -3.88. The fraction of sp³-hybridized carbons (Fsp3) is 0.548. The molecule has 1 amide bonds. The molecular formula is C31H41N7O4. The lowest BCUT2D eigenvalue weighted by Crippen LogP contribution is -2.55. The van der Waals surface area contributed by atoms with E-state index in [1.165, 1.54) is 6.08 Å². The van der Waals surface area contributed by atoms with Gasteiger partial charge >= 0.3 is 6.01 Å². The number of aromatic hydroxyl groups is 1. The lowest BCUT2D eigenvalue weighted by atomic mass is 10.0. The van der Waals surface area contributed by atoms with Crippen LogP contribution in [-0.2, 0) is 22.5 Å². The number of nitriles is 1. The highest BCUT2D eigenvalue weighted by molar-refractivity contribution is 5.87. The number of benzene rings is 1. The Morgan fingerprint density at radius 3 is 2.76 bits per heavy atom. The summed E-state index contributed by atoms with van der Waals surface area (Å²) in [5, 5.41) is 19.8. The van der Waals surface area contributed by atoms with Gasteiger partial charge in [0.1, 0.15) is 11.6 Å². The minimum Gasteiger partial charge on any atom is -0.508 e. The third-order valence-corrected chi connectivity index (χ3v) is 8.51. The molecule has 5 rings (SSSR count). The summed E-state index contributed by atoms with van der Waals surface area (Å²) in [6, 6.07) is 5.94. The number of hydrogen-bond donors (Lipinski definition) is 1. The quantitative estimate of drug-likeness (QED) is 0.353. The monoisotopic (exact) mass is 575 g/mol. The molecule has 2 saturated heterocycles. The van der Waals surface area contributed by atoms with Crippen LogP contribution in [0.15, 0.2) is 24.8 Å². The van der Waals surface area contributed by atoms with Gasteiger partial charge in [-0.3, -0.25) is 9.69 Å². The third-order valence-electron chi connectivity index (χ3n) is 8.51. The van der Waals surface area contributed by atoms with Gasteiger partial charge in [0.2, 0.25) is 5.91 Å². The summed E-state index contributed by atoms with van der Waals surface area (Å²) < 4.78 is 11.6. The van der Waals surface area contributed by atoms with Gasteiger partial charge in [-0.05, 0) is 50.0 Å². The van der Waals surface area contributed by atoms with Gasteiger partial charge in [-0.15, -0.1) is 0 Å². The average Bonchev–Trinajstić information content (AvgIpc) is 3.00. The van der Waals surface area contributed by atoms with Gasteiger partial charge in [0.05, 0.1) is 50.6 Å². The molecule has 224 valence electrons. The van der Waals surface area contributed by atoms with E-state index in [-0.39, 0.29) is 24.1 Å². The van der Waals surface area contributed by atoms with Crippen molar-refractivity contribution in [3.63, 3.8) is 0 Å². The third kappa shape index (κ3) is 6.61. The molecule has 1 aromatic heterocycles. The Labute approximate surface area is 247 Å². The zero-order valence-electron chi connectivity index (χ0n) is 24.7. The van der Waals surface area contributed by atoms with E-state index >= 15 is 0 Å². The van der Waals surface area contributed by atoms with E-state index in [0.29, 0.717) is 38.8 Å². The number of phenols is 1. The zero-order chi connectivity index (χ0) is 29.6. The standard InChI is InChI=1S/C31H41N7O4/c1-4-29(40)38-12-11-37(20-24(38)6-8-32)30-26-7-10-36(28-19-25(39)18-22(2)23(28)3)21-27(26)33-31(34-30)42-15-5-9-35-13-16-41-17-14-35/h4,18-19,24,39H,1,5-7,9-17,20-21H2,2-3H3. The first-order valence-corrected chi connectivity index (χ1v) is 14.8. The van der Waals surface area contributed by atoms with Crippen molar-refractivity contribution in [3.8, 4) is 17.8 Å². The molecule has 1 atom stereocenters. The van der Waals surface area contributed by atoms with Crippen LogP contribution in [-0.4, -0.2) is 102 Å². The number of amides is 1. The van der Waals surface area contributed by atoms with Crippen LogP contribution in [0.1, 0.15) is 35.2 Å². The van der Waals surface area contributed by atoms with Crippen LogP contribution in [0.4, 0.5) is 11.5 Å². The van der Waals surface area contributed by atoms with Gasteiger partial charge in [0.15, 0.2) is 0 Å². The van der Waals surface area contributed by atoms with Crippen molar-refractivity contribution < 1.29 is 19.4 Å². The molecule has 0 saturated carbocycles. The van der Waals surface area contributed by atoms with Crippen LogP contribution in [0, 0.1) is 25.2 Å². The van der Waals surface area contributed by atoms with Gasteiger partial charge < -0.3 is 29.3 Å². The van der Waals surface area contributed by atoms with Gasteiger partial charge in [-0.25, -0.2) is 0 Å². The first-order valence-electron chi connectivity index (χ1n) is 14.8. The molecule has 0 bridgehead atoms. The lowest BCUT2D eigenvalue weighted by molar-refractivity contribution is -0.128. The minimum absolute atomic E-state index is 0.156. The highest BCUT2D eigenvalue weighted by atomic mass is 16.5. The number of hydrogen-bond acceptors (Lipinski definition) is 10. The number of rotatable bonds is 9. The number of aryl methyl sites for hydroxylation is 1. The SMILES string of the molecule is C=CC(=O)N1CCN(c2nc(OCCCN3CCOCC3)nc3c2CCN(c2cc(O)cc(C)c2C)C3)CC1CC#N. The van der Waals surface area contributed by atoms with Crippen molar-refractivity contribution in [3.05, 3.63) is 47.2 Å². The van der Waals surface area contributed by atoms with Gasteiger partial charge in [0.25, 0.3) is 0 Å². The van der Waals surface area contributed by atoms with E-state index in [9.17, 15) is 15.2 Å². The summed E-state index contributed by atoms with van der Waals surface area (Å²) in [6.45, 7) is 15.5. The number of piperazine rings is 1. The first kappa shape index (κ1) is 29.6. The van der Waals surface area contributed by atoms with Crippen molar-refractivity contribution in [2.75, 3.05) is 75.4 Å². The van der Waals surface area contributed by atoms with Crippen LogP contribution in [0.5, 0.6) is 11.8 Å². The average molecular weight is 576 g/mol. The van der Waals surface area contributed by atoms with E-state index < -0.39 is 0 Å². The number of ether oxygens (including phenoxy) is 2. The maximum absolute atomic E-state index is 12.5. The van der Waals surface area contributed by atoms with E-state index in [2.05, 4.69) is 34.3 Å². The molecule has 0 radical (unpaired) electrons. The van der Waals surface area contributed by atoms with Gasteiger partial charge in [-0.1, -0.05) is 6.58 Å². The summed E-state index contributed by atoms with van der Waals surface area (Å²) in [6.07, 6.45) is 3.13. The molecule has 3 aliphatic rings. The molecule has 0 aliphatic carbocycles. The summed E-state index contributed by atoms with van der Waals surface area (Å²) >= 11 is 0. The second-order valence-electron chi connectivity index (χ2n) is 11.2. The Morgan fingerprint density at radius 1 is 1.19 bits per heavy atom. The molecule has 11 heteroatoms. The Balaban J connectivity index is 1.40. The number of nitrogens with zero attached hydrogens (tertiary/aromatic N) is 7. The number of fused-ring (bicyclic) bond motifs is 1.